The van der Waals surface area contributed by atoms with E-state index in [9.17, 15) is 30.0 Å². The summed E-state index contributed by atoms with van der Waals surface area (Å²) in [6, 6.07) is 11.4. The number of carbonyl (C=O) groups is 2. The summed E-state index contributed by atoms with van der Waals surface area (Å²) >= 11 is 0. The second kappa shape index (κ2) is 5.58. The Morgan fingerprint density at radius 2 is 1.12 bits per heavy atom. The minimum atomic E-state index is -0.948. The van der Waals surface area contributed by atoms with Crippen LogP contribution in [0.15, 0.2) is 60.0 Å². The molecule has 3 rings (SSSR count). The Labute approximate surface area is 136 Å². The molecule has 0 saturated heterocycles. The van der Waals surface area contributed by atoms with Crippen molar-refractivity contribution in [1.82, 2.24) is 0 Å². The number of Topliss-reactive ketones (excluding diaryl/α,β-unsaturated/α-hetero) is 2. The molecule has 6 heteroatoms. The van der Waals surface area contributed by atoms with E-state index in [4.69, 9.17) is 0 Å². The number of aromatic hydroxyl groups is 2. The lowest BCUT2D eigenvalue weighted by Gasteiger charge is -2.18. The summed E-state index contributed by atoms with van der Waals surface area (Å²) in [6.45, 7) is 0. The third-order valence-electron chi connectivity index (χ3n) is 3.68. The van der Waals surface area contributed by atoms with Crippen molar-refractivity contribution in [2.45, 2.75) is 0 Å². The van der Waals surface area contributed by atoms with Gasteiger partial charge >= 0.3 is 0 Å². The number of rotatable bonds is 2. The van der Waals surface area contributed by atoms with Crippen LogP contribution < -0.4 is 0 Å². The molecule has 0 bridgehead atoms. The number of allylic oxidation sites excluding steroid dienone is 2. The Hall–Kier alpha value is -3.54. The van der Waals surface area contributed by atoms with E-state index in [1.54, 1.807) is 18.2 Å². The highest BCUT2D eigenvalue weighted by Gasteiger charge is 2.36. The third kappa shape index (κ3) is 2.30. The summed E-state index contributed by atoms with van der Waals surface area (Å²) in [5.41, 5.74) is -0.426. The maximum absolute atomic E-state index is 12.4. The highest BCUT2D eigenvalue weighted by atomic mass is 16.3. The van der Waals surface area contributed by atoms with Crippen LogP contribution >= 0.6 is 0 Å². The van der Waals surface area contributed by atoms with Crippen LogP contribution in [0, 0.1) is 0 Å². The Balaban J connectivity index is 2.16. The van der Waals surface area contributed by atoms with Gasteiger partial charge in [0.05, 0.1) is 11.1 Å². The van der Waals surface area contributed by atoms with Gasteiger partial charge in [0, 0.05) is 0 Å². The third-order valence-corrected chi connectivity index (χ3v) is 3.68. The number of hydrogen-bond donors (Lipinski definition) is 4. The molecule has 1 aliphatic rings. The van der Waals surface area contributed by atoms with E-state index in [-0.39, 0.29) is 11.1 Å². The molecule has 0 aromatic heterocycles. The summed E-state index contributed by atoms with van der Waals surface area (Å²) in [7, 11) is 0. The molecule has 0 spiro atoms. The van der Waals surface area contributed by atoms with E-state index in [1.807, 2.05) is 0 Å². The predicted octanol–water partition coefficient (Wildman–Crippen LogP) is 2.49. The van der Waals surface area contributed by atoms with Gasteiger partial charge in [0.2, 0.25) is 11.6 Å². The SMILES string of the molecule is O=C1C(O)=C(c2ccc(O)c(O)c2)C(=O)C(O)=C1c1ccccc1. The molecule has 2 aromatic carbocycles. The molecular weight excluding hydrogens is 312 g/mol. The molecule has 0 saturated carbocycles. The minimum absolute atomic E-state index is 0.000174. The van der Waals surface area contributed by atoms with Crippen molar-refractivity contribution in [2.75, 3.05) is 0 Å². The van der Waals surface area contributed by atoms with Gasteiger partial charge in [0.25, 0.3) is 0 Å². The first-order valence-corrected chi connectivity index (χ1v) is 6.95. The second-order valence-corrected chi connectivity index (χ2v) is 5.17. The van der Waals surface area contributed by atoms with E-state index in [0.29, 0.717) is 5.56 Å². The van der Waals surface area contributed by atoms with Crippen molar-refractivity contribution in [3.8, 4) is 11.5 Å². The largest absolute Gasteiger partial charge is 0.504 e. The molecule has 0 heterocycles. The normalized spacial score (nSPS) is 15.2. The van der Waals surface area contributed by atoms with Crippen molar-refractivity contribution in [1.29, 1.82) is 0 Å². The molecular formula is C18H12O6. The molecule has 4 N–H and O–H groups in total. The second-order valence-electron chi connectivity index (χ2n) is 5.17. The summed E-state index contributed by atoms with van der Waals surface area (Å²) in [4.78, 5) is 24.9. The molecule has 1 aliphatic carbocycles. The van der Waals surface area contributed by atoms with E-state index in [2.05, 4.69) is 0 Å². The van der Waals surface area contributed by atoms with Gasteiger partial charge in [-0.1, -0.05) is 36.4 Å². The zero-order valence-corrected chi connectivity index (χ0v) is 12.2. The summed E-state index contributed by atoms with van der Waals surface area (Å²) < 4.78 is 0. The van der Waals surface area contributed by atoms with Gasteiger partial charge in [0.15, 0.2) is 23.0 Å². The number of phenols is 2. The van der Waals surface area contributed by atoms with Crippen molar-refractivity contribution in [2.24, 2.45) is 0 Å². The molecule has 0 unspecified atom stereocenters. The highest BCUT2D eigenvalue weighted by Crippen LogP contribution is 2.36. The van der Waals surface area contributed by atoms with Crippen molar-refractivity contribution < 1.29 is 30.0 Å². The van der Waals surface area contributed by atoms with Gasteiger partial charge in [0.1, 0.15) is 0 Å². The first-order chi connectivity index (χ1) is 11.4. The lowest BCUT2D eigenvalue weighted by Crippen LogP contribution is -2.22. The maximum Gasteiger partial charge on any atom is 0.232 e. The monoisotopic (exact) mass is 324 g/mol. The van der Waals surface area contributed by atoms with E-state index in [0.717, 1.165) is 12.1 Å². The standard InChI is InChI=1S/C18H12O6/c19-11-7-6-10(8-12(11)20)14-17(23)15(21)13(16(22)18(14)24)9-4-2-1-3-5-9/h1-8,19-21,24H. The van der Waals surface area contributed by atoms with Crippen LogP contribution in [0.2, 0.25) is 0 Å². The van der Waals surface area contributed by atoms with Crippen LogP contribution in [-0.2, 0) is 9.59 Å². The summed E-state index contributed by atoms with van der Waals surface area (Å²) in [5, 5.41) is 39.2. The van der Waals surface area contributed by atoms with Crippen LogP contribution in [0.1, 0.15) is 11.1 Å². The highest BCUT2D eigenvalue weighted by molar-refractivity contribution is 6.46. The molecule has 0 radical (unpaired) electrons. The number of ketones is 2. The van der Waals surface area contributed by atoms with Gasteiger partial charge in [-0.2, -0.15) is 0 Å². The molecule has 2 aromatic rings. The van der Waals surface area contributed by atoms with Crippen molar-refractivity contribution in [3.63, 3.8) is 0 Å². The van der Waals surface area contributed by atoms with Crippen LogP contribution in [0.4, 0.5) is 0 Å². The molecule has 0 aliphatic heterocycles. The van der Waals surface area contributed by atoms with Crippen molar-refractivity contribution >= 4 is 22.7 Å². The van der Waals surface area contributed by atoms with E-state index in [1.165, 1.54) is 18.2 Å². The Bertz CT molecular complexity index is 922. The molecule has 0 atom stereocenters. The molecule has 0 amide bonds. The Kier molecular flexibility index (Phi) is 3.57. The zero-order valence-electron chi connectivity index (χ0n) is 12.2. The molecule has 24 heavy (non-hydrogen) atoms. The fourth-order valence-corrected chi connectivity index (χ4v) is 2.50. The fraction of sp³-hybridized carbons (Fsp3) is 0. The fourth-order valence-electron chi connectivity index (χ4n) is 2.50. The van der Waals surface area contributed by atoms with E-state index < -0.39 is 40.2 Å². The summed E-state index contributed by atoms with van der Waals surface area (Å²) in [6.07, 6.45) is 0. The number of aliphatic hydroxyl groups is 2. The lowest BCUT2D eigenvalue weighted by molar-refractivity contribution is -0.116. The Morgan fingerprint density at radius 1 is 0.583 bits per heavy atom. The van der Waals surface area contributed by atoms with Crippen LogP contribution in [-0.4, -0.2) is 32.0 Å². The van der Waals surface area contributed by atoms with Gasteiger partial charge < -0.3 is 20.4 Å². The molecule has 0 fully saturated rings. The number of phenolic OH excluding ortho intramolecular Hbond substituents is 2. The van der Waals surface area contributed by atoms with Crippen LogP contribution in [0.3, 0.4) is 0 Å². The van der Waals surface area contributed by atoms with Gasteiger partial charge in [-0.05, 0) is 23.3 Å². The number of aliphatic hydroxyl groups excluding tert-OH is 2. The zero-order chi connectivity index (χ0) is 17.4. The first-order valence-electron chi connectivity index (χ1n) is 6.95. The number of hydrogen-bond acceptors (Lipinski definition) is 6. The van der Waals surface area contributed by atoms with Crippen LogP contribution in [0.25, 0.3) is 11.1 Å². The van der Waals surface area contributed by atoms with Crippen molar-refractivity contribution in [3.05, 3.63) is 71.2 Å². The topological polar surface area (TPSA) is 115 Å². The number of carbonyl (C=O) groups excluding carboxylic acids is 2. The van der Waals surface area contributed by atoms with Gasteiger partial charge in [-0.25, -0.2) is 0 Å². The maximum atomic E-state index is 12.4. The average molecular weight is 324 g/mol. The molecule has 120 valence electrons. The molecule has 6 nitrogen and oxygen atoms in total. The van der Waals surface area contributed by atoms with Gasteiger partial charge in [-0.15, -0.1) is 0 Å². The summed E-state index contributed by atoms with van der Waals surface area (Å²) in [5.74, 6) is -4.41. The predicted molar refractivity (Wildman–Crippen MR) is 85.3 cm³/mol. The first kappa shape index (κ1) is 15.4. The van der Waals surface area contributed by atoms with Crippen LogP contribution in [0.5, 0.6) is 11.5 Å². The van der Waals surface area contributed by atoms with E-state index >= 15 is 0 Å². The smallest absolute Gasteiger partial charge is 0.232 e. The number of benzene rings is 2. The van der Waals surface area contributed by atoms with Gasteiger partial charge in [-0.3, -0.25) is 9.59 Å². The quantitative estimate of drug-likeness (QED) is 0.498. The average Bonchev–Trinajstić information content (AvgIpc) is 2.58. The lowest BCUT2D eigenvalue weighted by atomic mass is 9.86. The minimum Gasteiger partial charge on any atom is -0.504 e. The Morgan fingerprint density at radius 3 is 1.67 bits per heavy atom.